The highest BCUT2D eigenvalue weighted by Crippen LogP contribution is 2.29. The third kappa shape index (κ3) is 5.25. The van der Waals surface area contributed by atoms with Crippen LogP contribution in [0.4, 0.5) is 5.69 Å². The lowest BCUT2D eigenvalue weighted by Gasteiger charge is -2.07. The number of rotatable bonds is 9. The van der Waals surface area contributed by atoms with Crippen molar-refractivity contribution in [2.75, 3.05) is 18.1 Å². The first-order valence-corrected chi connectivity index (χ1v) is 11.5. The van der Waals surface area contributed by atoms with Gasteiger partial charge in [-0.05, 0) is 25.3 Å². The molecule has 12 heteroatoms. The van der Waals surface area contributed by atoms with E-state index in [1.165, 1.54) is 19.3 Å². The van der Waals surface area contributed by atoms with Crippen LogP contribution in [0, 0.1) is 0 Å². The summed E-state index contributed by atoms with van der Waals surface area (Å²) in [5.74, 6) is 0.335. The Balaban J connectivity index is 1.56. The Morgan fingerprint density at radius 2 is 2.18 bits per heavy atom. The highest BCUT2D eigenvalue weighted by atomic mass is 32.2. The van der Waals surface area contributed by atoms with Gasteiger partial charge in [-0.25, -0.2) is 23.1 Å². The van der Waals surface area contributed by atoms with E-state index >= 15 is 0 Å². The molecule has 4 aromatic rings. The molecular weight excluding hydrogens is 446 g/mol. The lowest BCUT2D eigenvalue weighted by atomic mass is 10.2. The molecule has 0 bridgehead atoms. The lowest BCUT2D eigenvalue weighted by molar-refractivity contribution is -0.111. The first kappa shape index (κ1) is 22.2. The number of H-pyrrole nitrogens is 1. The van der Waals surface area contributed by atoms with E-state index in [4.69, 9.17) is 4.74 Å². The van der Waals surface area contributed by atoms with E-state index in [-0.39, 0.29) is 24.1 Å². The third-order valence-electron chi connectivity index (χ3n) is 4.71. The normalized spacial score (nSPS) is 11.4. The number of fused-ring (bicyclic) bond motifs is 1. The summed E-state index contributed by atoms with van der Waals surface area (Å²) < 4.78 is 33.0. The minimum Gasteiger partial charge on any atom is -0.437 e. The number of benzene rings is 1. The Morgan fingerprint density at radius 1 is 1.33 bits per heavy atom. The summed E-state index contributed by atoms with van der Waals surface area (Å²) in [6.45, 7) is 3.64. The van der Waals surface area contributed by atoms with Crippen molar-refractivity contribution in [2.45, 2.75) is 6.54 Å². The maximum atomic E-state index is 11.6. The van der Waals surface area contributed by atoms with Crippen LogP contribution in [0.25, 0.3) is 22.3 Å². The molecule has 11 nitrogen and oxygen atoms in total. The van der Waals surface area contributed by atoms with E-state index in [9.17, 15) is 13.2 Å². The van der Waals surface area contributed by atoms with Crippen molar-refractivity contribution in [3.63, 3.8) is 0 Å². The molecule has 3 heterocycles. The number of anilines is 1. The largest absolute Gasteiger partial charge is 0.437 e. The van der Waals surface area contributed by atoms with Gasteiger partial charge in [-0.2, -0.15) is 5.10 Å². The number of carbonyl (C=O) groups is 1. The SMILES string of the molecule is C=CC(=O)Nc1cccc(Oc2cnc3[nH]cc(-c4cnn(CCS(=O)(=O)NC)c4)c3n2)c1. The molecule has 1 amide bonds. The number of nitrogens with zero attached hydrogens (tertiary/aromatic N) is 4. The number of carbonyl (C=O) groups excluding carboxylic acids is 1. The van der Waals surface area contributed by atoms with Gasteiger partial charge in [0, 0.05) is 35.3 Å². The van der Waals surface area contributed by atoms with Crippen LogP contribution < -0.4 is 14.8 Å². The van der Waals surface area contributed by atoms with Gasteiger partial charge in [0.25, 0.3) is 0 Å². The van der Waals surface area contributed by atoms with Gasteiger partial charge < -0.3 is 15.0 Å². The average molecular weight is 468 g/mol. The number of sulfonamides is 1. The van der Waals surface area contributed by atoms with Crippen molar-refractivity contribution in [3.05, 3.63) is 61.7 Å². The Hall–Kier alpha value is -4.03. The molecule has 0 aliphatic rings. The molecular formula is C21H21N7O4S. The first-order chi connectivity index (χ1) is 15.9. The number of ether oxygens (including phenoxy) is 1. The van der Waals surface area contributed by atoms with Crippen LogP contribution in [0.15, 0.2) is 61.7 Å². The predicted octanol–water partition coefficient (Wildman–Crippen LogP) is 2.29. The Kier molecular flexibility index (Phi) is 6.20. The maximum absolute atomic E-state index is 11.6. The van der Waals surface area contributed by atoms with Gasteiger partial charge in [0.2, 0.25) is 21.8 Å². The standard InChI is InChI=1S/C21H21N7O4S/c1-3-18(29)26-15-5-4-6-16(9-15)32-19-12-24-21-20(27-19)17(11-23-21)14-10-25-28(13-14)7-8-33(30,31)22-2/h3-6,9-13,22H,1,7-8H2,2H3,(H,23,24)(H,26,29). The summed E-state index contributed by atoms with van der Waals surface area (Å²) in [5, 5.41) is 6.91. The number of hydrogen-bond donors (Lipinski definition) is 3. The van der Waals surface area contributed by atoms with Gasteiger partial charge in [-0.3, -0.25) is 9.48 Å². The summed E-state index contributed by atoms with van der Waals surface area (Å²) in [6.07, 6.45) is 7.81. The molecule has 4 rings (SSSR count). The van der Waals surface area contributed by atoms with Crippen LogP contribution in [0.3, 0.4) is 0 Å². The third-order valence-corrected chi connectivity index (χ3v) is 6.05. The van der Waals surface area contributed by atoms with E-state index in [0.29, 0.717) is 22.6 Å². The van der Waals surface area contributed by atoms with Crippen molar-refractivity contribution in [1.82, 2.24) is 29.5 Å². The molecule has 3 aromatic heterocycles. The molecule has 0 radical (unpaired) electrons. The number of nitrogens with one attached hydrogen (secondary N) is 3. The topological polar surface area (TPSA) is 144 Å². The van der Waals surface area contributed by atoms with Gasteiger partial charge >= 0.3 is 0 Å². The fourth-order valence-corrected chi connectivity index (χ4v) is 3.67. The van der Waals surface area contributed by atoms with Crippen LogP contribution >= 0.6 is 0 Å². The zero-order valence-electron chi connectivity index (χ0n) is 17.6. The van der Waals surface area contributed by atoms with Crippen LogP contribution in [0.1, 0.15) is 0 Å². The summed E-state index contributed by atoms with van der Waals surface area (Å²) in [7, 11) is -1.95. The van der Waals surface area contributed by atoms with Gasteiger partial charge in [0.15, 0.2) is 5.65 Å². The molecule has 0 aliphatic carbocycles. The molecule has 0 aliphatic heterocycles. The molecule has 0 spiro atoms. The van der Waals surface area contributed by atoms with E-state index in [0.717, 1.165) is 11.1 Å². The van der Waals surface area contributed by atoms with Gasteiger partial charge in [0.05, 0.1) is 24.7 Å². The number of aromatic nitrogens is 5. The summed E-state index contributed by atoms with van der Waals surface area (Å²) in [5.41, 5.74) is 3.20. The molecule has 1 aromatic carbocycles. The fraction of sp³-hybridized carbons (Fsp3) is 0.143. The molecule has 33 heavy (non-hydrogen) atoms. The molecule has 3 N–H and O–H groups in total. The minimum absolute atomic E-state index is 0.0807. The number of amides is 1. The van der Waals surface area contributed by atoms with Crippen molar-refractivity contribution in [1.29, 1.82) is 0 Å². The summed E-state index contributed by atoms with van der Waals surface area (Å²) >= 11 is 0. The van der Waals surface area contributed by atoms with E-state index < -0.39 is 10.0 Å². The van der Waals surface area contributed by atoms with Crippen molar-refractivity contribution >= 4 is 32.8 Å². The van der Waals surface area contributed by atoms with Crippen molar-refractivity contribution in [2.24, 2.45) is 0 Å². The van der Waals surface area contributed by atoms with E-state index in [1.54, 1.807) is 47.5 Å². The number of hydrogen-bond acceptors (Lipinski definition) is 7. The van der Waals surface area contributed by atoms with Crippen molar-refractivity contribution in [3.8, 4) is 22.8 Å². The molecule has 0 fully saturated rings. The minimum atomic E-state index is -3.33. The van der Waals surface area contributed by atoms with Gasteiger partial charge in [-0.1, -0.05) is 12.6 Å². The zero-order chi connectivity index (χ0) is 23.4. The maximum Gasteiger partial charge on any atom is 0.247 e. The number of aromatic amines is 1. The summed E-state index contributed by atoms with van der Waals surface area (Å²) in [6, 6.07) is 6.86. The quantitative estimate of drug-likeness (QED) is 0.320. The average Bonchev–Trinajstić information content (AvgIpc) is 3.44. The molecule has 0 saturated carbocycles. The molecule has 0 unspecified atom stereocenters. The second-order valence-corrected chi connectivity index (χ2v) is 8.99. The number of aryl methyl sites for hydroxylation is 1. The van der Waals surface area contributed by atoms with Crippen LogP contribution in [-0.2, 0) is 21.4 Å². The van der Waals surface area contributed by atoms with Crippen LogP contribution in [0.2, 0.25) is 0 Å². The predicted molar refractivity (Wildman–Crippen MR) is 123 cm³/mol. The molecule has 0 saturated heterocycles. The smallest absolute Gasteiger partial charge is 0.247 e. The van der Waals surface area contributed by atoms with E-state index in [1.807, 2.05) is 0 Å². The second-order valence-electron chi connectivity index (χ2n) is 6.95. The lowest BCUT2D eigenvalue weighted by Crippen LogP contribution is -2.24. The van der Waals surface area contributed by atoms with Crippen LogP contribution in [0.5, 0.6) is 11.6 Å². The Bertz CT molecular complexity index is 1430. The first-order valence-electron chi connectivity index (χ1n) is 9.86. The molecule has 0 atom stereocenters. The van der Waals surface area contributed by atoms with E-state index in [2.05, 4.69) is 36.7 Å². The highest BCUT2D eigenvalue weighted by Gasteiger charge is 2.14. The zero-order valence-corrected chi connectivity index (χ0v) is 18.5. The monoisotopic (exact) mass is 467 g/mol. The Labute approximate surface area is 189 Å². The Morgan fingerprint density at radius 3 is 2.97 bits per heavy atom. The second kappa shape index (κ2) is 9.22. The van der Waals surface area contributed by atoms with Crippen molar-refractivity contribution < 1.29 is 17.9 Å². The van der Waals surface area contributed by atoms with Gasteiger partial charge in [0.1, 0.15) is 11.3 Å². The molecule has 170 valence electrons. The van der Waals surface area contributed by atoms with Crippen LogP contribution in [-0.4, -0.2) is 51.9 Å². The highest BCUT2D eigenvalue weighted by molar-refractivity contribution is 7.89. The summed E-state index contributed by atoms with van der Waals surface area (Å²) in [4.78, 5) is 23.5. The fourth-order valence-electron chi connectivity index (χ4n) is 3.04. The van der Waals surface area contributed by atoms with Gasteiger partial charge in [-0.15, -0.1) is 0 Å².